The Labute approximate surface area is 124 Å². The number of halogens is 1. The Hall–Kier alpha value is -1.43. The summed E-state index contributed by atoms with van der Waals surface area (Å²) in [6, 6.07) is 6.14. The average molecular weight is 313 g/mol. The first-order valence-electron chi connectivity index (χ1n) is 7.11. The highest BCUT2D eigenvalue weighted by atomic mass is 32.2. The lowest BCUT2D eigenvalue weighted by Gasteiger charge is -2.24. The molecule has 1 heterocycles. The quantitative estimate of drug-likeness (QED) is 0.920. The van der Waals surface area contributed by atoms with Crippen LogP contribution in [0, 0.1) is 11.7 Å². The first-order chi connectivity index (χ1) is 9.85. The Morgan fingerprint density at radius 3 is 2.67 bits per heavy atom. The monoisotopic (exact) mass is 313 g/mol. The molecule has 1 N–H and O–H groups in total. The molecular weight excluding hydrogens is 293 g/mol. The van der Waals surface area contributed by atoms with E-state index < -0.39 is 9.84 Å². The largest absolute Gasteiger partial charge is 0.353 e. The van der Waals surface area contributed by atoms with E-state index in [2.05, 4.69) is 5.32 Å². The molecule has 4 nitrogen and oxygen atoms in total. The van der Waals surface area contributed by atoms with Crippen molar-refractivity contribution >= 4 is 15.7 Å². The van der Waals surface area contributed by atoms with Gasteiger partial charge in [-0.2, -0.15) is 0 Å². The molecule has 0 bridgehead atoms. The van der Waals surface area contributed by atoms with E-state index in [9.17, 15) is 17.6 Å². The predicted octanol–water partition coefficient (Wildman–Crippen LogP) is 1.70. The lowest BCUT2D eigenvalue weighted by Crippen LogP contribution is -2.43. The molecule has 0 aliphatic carbocycles. The Bertz CT molecular complexity index is 601. The fourth-order valence-electron chi connectivity index (χ4n) is 2.49. The van der Waals surface area contributed by atoms with Crippen LogP contribution >= 0.6 is 0 Å². The van der Waals surface area contributed by atoms with Gasteiger partial charge in [-0.15, -0.1) is 0 Å². The number of carbonyl (C=O) groups excluding carboxylic acids is 1. The molecule has 21 heavy (non-hydrogen) atoms. The van der Waals surface area contributed by atoms with Crippen LogP contribution in [0.5, 0.6) is 0 Å². The molecule has 2 rings (SSSR count). The van der Waals surface area contributed by atoms with Crippen molar-refractivity contribution in [2.75, 3.05) is 11.5 Å². The molecule has 0 radical (unpaired) electrons. The summed E-state index contributed by atoms with van der Waals surface area (Å²) in [5.74, 6) is -0.418. The summed E-state index contributed by atoms with van der Waals surface area (Å²) >= 11 is 0. The number of benzene rings is 1. The summed E-state index contributed by atoms with van der Waals surface area (Å²) in [5, 5.41) is 2.89. The number of carbonyl (C=O) groups is 1. The van der Waals surface area contributed by atoms with E-state index in [1.807, 2.05) is 0 Å². The maximum Gasteiger partial charge on any atom is 0.223 e. The Morgan fingerprint density at radius 1 is 1.38 bits per heavy atom. The molecule has 0 saturated carbocycles. The minimum atomic E-state index is -2.92. The fraction of sp³-hybridized carbons (Fsp3) is 0.533. The van der Waals surface area contributed by atoms with Crippen molar-refractivity contribution in [1.82, 2.24) is 5.32 Å². The summed E-state index contributed by atoms with van der Waals surface area (Å²) in [6.07, 6.45) is 1.41. The van der Waals surface area contributed by atoms with E-state index >= 15 is 0 Å². The number of amides is 1. The van der Waals surface area contributed by atoms with Gasteiger partial charge in [0, 0.05) is 12.0 Å². The molecule has 1 aliphatic rings. The van der Waals surface area contributed by atoms with Crippen molar-refractivity contribution in [2.24, 2.45) is 5.92 Å². The lowest BCUT2D eigenvalue weighted by molar-refractivity contribution is -0.125. The van der Waals surface area contributed by atoms with Crippen LogP contribution in [0.15, 0.2) is 24.3 Å². The molecule has 1 saturated heterocycles. The zero-order valence-electron chi connectivity index (χ0n) is 12.0. The van der Waals surface area contributed by atoms with Crippen molar-refractivity contribution in [3.8, 4) is 0 Å². The van der Waals surface area contributed by atoms with Gasteiger partial charge in [-0.1, -0.05) is 19.1 Å². The van der Waals surface area contributed by atoms with Gasteiger partial charge in [0.2, 0.25) is 5.91 Å². The number of rotatable bonds is 4. The Kier molecular flexibility index (Phi) is 4.98. The lowest BCUT2D eigenvalue weighted by atomic mass is 9.99. The van der Waals surface area contributed by atoms with Crippen molar-refractivity contribution in [3.05, 3.63) is 35.6 Å². The normalized spacial score (nSPS) is 19.9. The third kappa shape index (κ3) is 4.81. The standard InChI is InChI=1S/C15H20FNO3S/c1-11(9-12-3-2-4-13(16)10-12)15(18)17-14-5-7-21(19,20)8-6-14/h2-4,10-11,14H,5-9H2,1H3,(H,17,18). The van der Waals surface area contributed by atoms with Crippen LogP contribution < -0.4 is 5.32 Å². The molecule has 1 aromatic carbocycles. The molecule has 1 fully saturated rings. The van der Waals surface area contributed by atoms with E-state index in [0.29, 0.717) is 19.3 Å². The van der Waals surface area contributed by atoms with Crippen molar-refractivity contribution in [3.63, 3.8) is 0 Å². The maximum absolute atomic E-state index is 13.1. The van der Waals surface area contributed by atoms with Crippen molar-refractivity contribution < 1.29 is 17.6 Å². The van der Waals surface area contributed by atoms with Crippen molar-refractivity contribution in [1.29, 1.82) is 0 Å². The van der Waals surface area contributed by atoms with Crippen LogP contribution in [0.1, 0.15) is 25.3 Å². The molecule has 6 heteroatoms. The molecule has 1 unspecified atom stereocenters. The highest BCUT2D eigenvalue weighted by molar-refractivity contribution is 7.91. The predicted molar refractivity (Wildman–Crippen MR) is 79.1 cm³/mol. The second-order valence-corrected chi connectivity index (χ2v) is 7.97. The van der Waals surface area contributed by atoms with Gasteiger partial charge >= 0.3 is 0 Å². The van der Waals surface area contributed by atoms with Gasteiger partial charge in [0.1, 0.15) is 15.7 Å². The number of sulfone groups is 1. The van der Waals surface area contributed by atoms with Crippen LogP contribution in [0.25, 0.3) is 0 Å². The van der Waals surface area contributed by atoms with E-state index in [1.165, 1.54) is 12.1 Å². The average Bonchev–Trinajstić information content (AvgIpc) is 2.41. The molecule has 0 aromatic heterocycles. The summed E-state index contributed by atoms with van der Waals surface area (Å²) in [4.78, 5) is 12.1. The van der Waals surface area contributed by atoms with Crippen LogP contribution in [-0.2, 0) is 21.1 Å². The van der Waals surface area contributed by atoms with Crippen LogP contribution in [0.4, 0.5) is 4.39 Å². The second kappa shape index (κ2) is 6.56. The fourth-order valence-corrected chi connectivity index (χ4v) is 3.98. The van der Waals surface area contributed by atoms with E-state index in [-0.39, 0.29) is 35.2 Å². The smallest absolute Gasteiger partial charge is 0.223 e. The summed E-state index contributed by atoms with van der Waals surface area (Å²) in [7, 11) is -2.92. The first-order valence-corrected chi connectivity index (χ1v) is 8.93. The van der Waals surface area contributed by atoms with Gasteiger partial charge in [0.05, 0.1) is 11.5 Å². The van der Waals surface area contributed by atoms with Crippen LogP contribution in [-0.4, -0.2) is 31.9 Å². The van der Waals surface area contributed by atoms with Gasteiger partial charge < -0.3 is 5.32 Å². The zero-order valence-corrected chi connectivity index (χ0v) is 12.8. The van der Waals surface area contributed by atoms with Gasteiger partial charge in [-0.3, -0.25) is 4.79 Å². The van der Waals surface area contributed by atoms with E-state index in [4.69, 9.17) is 0 Å². The maximum atomic E-state index is 13.1. The highest BCUT2D eigenvalue weighted by Crippen LogP contribution is 2.14. The molecular formula is C15H20FNO3S. The SMILES string of the molecule is CC(Cc1cccc(F)c1)C(=O)NC1CCS(=O)(=O)CC1. The van der Waals surface area contributed by atoms with Gasteiger partial charge in [0.25, 0.3) is 0 Å². The second-order valence-electron chi connectivity index (χ2n) is 5.67. The molecule has 1 aliphatic heterocycles. The third-order valence-corrected chi connectivity index (χ3v) is 5.49. The van der Waals surface area contributed by atoms with E-state index in [1.54, 1.807) is 19.1 Å². The third-order valence-electron chi connectivity index (χ3n) is 3.78. The van der Waals surface area contributed by atoms with Gasteiger partial charge in [-0.05, 0) is 37.0 Å². The number of hydrogen-bond donors (Lipinski definition) is 1. The molecule has 1 amide bonds. The van der Waals surface area contributed by atoms with Crippen molar-refractivity contribution in [2.45, 2.75) is 32.2 Å². The van der Waals surface area contributed by atoms with Crippen LogP contribution in [0.3, 0.4) is 0 Å². The zero-order chi connectivity index (χ0) is 15.5. The highest BCUT2D eigenvalue weighted by Gasteiger charge is 2.26. The minimum Gasteiger partial charge on any atom is -0.353 e. The van der Waals surface area contributed by atoms with Gasteiger partial charge in [-0.25, -0.2) is 12.8 Å². The Morgan fingerprint density at radius 2 is 2.05 bits per heavy atom. The summed E-state index contributed by atoms with van der Waals surface area (Å²) in [5.41, 5.74) is 0.781. The summed E-state index contributed by atoms with van der Waals surface area (Å²) < 4.78 is 35.8. The first kappa shape index (κ1) is 15.9. The van der Waals surface area contributed by atoms with Gasteiger partial charge in [0.15, 0.2) is 0 Å². The molecule has 0 spiro atoms. The molecule has 1 atom stereocenters. The topological polar surface area (TPSA) is 63.2 Å². The Balaban J connectivity index is 1.86. The number of nitrogens with one attached hydrogen (secondary N) is 1. The molecule has 1 aromatic rings. The summed E-state index contributed by atoms with van der Waals surface area (Å²) in [6.45, 7) is 1.79. The number of hydrogen-bond acceptors (Lipinski definition) is 3. The minimum absolute atomic E-state index is 0.0732. The molecule has 116 valence electrons. The van der Waals surface area contributed by atoms with E-state index in [0.717, 1.165) is 5.56 Å². The van der Waals surface area contributed by atoms with Crippen LogP contribution in [0.2, 0.25) is 0 Å².